The molecule has 0 aliphatic rings. The van der Waals surface area contributed by atoms with E-state index < -0.39 is 0 Å². The zero-order chi connectivity index (χ0) is 8.39. The highest BCUT2D eigenvalue weighted by Crippen LogP contribution is 2.25. The zero-order valence-corrected chi connectivity index (χ0v) is 7.26. The zero-order valence-electron chi connectivity index (χ0n) is 6.44. The van der Waals surface area contributed by atoms with Gasteiger partial charge in [-0.05, 0) is 6.07 Å². The summed E-state index contributed by atoms with van der Waals surface area (Å²) >= 11 is 1.18. The molecule has 0 spiro atoms. The van der Waals surface area contributed by atoms with Crippen molar-refractivity contribution in [2.24, 2.45) is 0 Å². The number of furan rings is 1. The van der Waals surface area contributed by atoms with Crippen molar-refractivity contribution in [1.82, 2.24) is 8.75 Å². The normalized spacial score (nSPS) is 10.1. The molecule has 0 atom stereocenters. The van der Waals surface area contributed by atoms with Crippen molar-refractivity contribution in [2.45, 2.75) is 0 Å². The highest BCUT2D eigenvalue weighted by molar-refractivity contribution is 6.99. The molecule has 0 fully saturated rings. The molecule has 2 aromatic heterocycles. The van der Waals surface area contributed by atoms with E-state index in [0.29, 0.717) is 0 Å². The van der Waals surface area contributed by atoms with Crippen LogP contribution in [0.4, 0.5) is 5.82 Å². The van der Waals surface area contributed by atoms with Gasteiger partial charge in [0, 0.05) is 12.6 Å². The Bertz CT molecular complexity index is 354. The van der Waals surface area contributed by atoms with Gasteiger partial charge in [0.2, 0.25) is 0 Å². The first-order valence-electron chi connectivity index (χ1n) is 3.44. The predicted molar refractivity (Wildman–Crippen MR) is 47.2 cm³/mol. The Hall–Kier alpha value is -1.36. The lowest BCUT2D eigenvalue weighted by molar-refractivity contribution is 0.568. The monoisotopic (exact) mass is 181 g/mol. The number of anilines is 1. The van der Waals surface area contributed by atoms with Crippen LogP contribution in [0.15, 0.2) is 23.0 Å². The van der Waals surface area contributed by atoms with Gasteiger partial charge in [0.1, 0.15) is 5.69 Å². The standard InChI is InChI=1S/C7H7N3OS/c1-8-7-6(9-12-10-7)5-2-3-11-4-5/h2-4H,1H3,(H,8,10). The quantitative estimate of drug-likeness (QED) is 0.768. The molecule has 0 saturated carbocycles. The fraction of sp³-hybridized carbons (Fsp3) is 0.143. The summed E-state index contributed by atoms with van der Waals surface area (Å²) in [6.07, 6.45) is 3.27. The van der Waals surface area contributed by atoms with Crippen molar-refractivity contribution in [2.75, 3.05) is 12.4 Å². The smallest absolute Gasteiger partial charge is 0.167 e. The molecule has 1 N–H and O–H groups in total. The molecule has 0 unspecified atom stereocenters. The summed E-state index contributed by atoms with van der Waals surface area (Å²) in [6, 6.07) is 1.86. The number of nitrogens with zero attached hydrogens (tertiary/aromatic N) is 2. The second-order valence-electron chi connectivity index (χ2n) is 2.22. The van der Waals surface area contributed by atoms with Gasteiger partial charge in [-0.1, -0.05) is 0 Å². The maximum absolute atomic E-state index is 4.95. The Morgan fingerprint density at radius 3 is 3.08 bits per heavy atom. The van der Waals surface area contributed by atoms with E-state index in [4.69, 9.17) is 4.42 Å². The minimum Gasteiger partial charge on any atom is -0.472 e. The summed E-state index contributed by atoms with van der Waals surface area (Å²) in [6.45, 7) is 0. The third kappa shape index (κ3) is 1.08. The Morgan fingerprint density at radius 1 is 1.50 bits per heavy atom. The van der Waals surface area contributed by atoms with Gasteiger partial charge in [0.25, 0.3) is 0 Å². The molecule has 2 aromatic rings. The molecule has 0 saturated heterocycles. The Balaban J connectivity index is 2.46. The van der Waals surface area contributed by atoms with Crippen molar-refractivity contribution >= 4 is 17.5 Å². The van der Waals surface area contributed by atoms with Crippen LogP contribution < -0.4 is 5.32 Å². The molecule has 0 aliphatic heterocycles. The van der Waals surface area contributed by atoms with Gasteiger partial charge in [-0.15, -0.1) is 0 Å². The predicted octanol–water partition coefficient (Wildman–Crippen LogP) is 1.84. The summed E-state index contributed by atoms with van der Waals surface area (Å²) < 4.78 is 13.2. The Morgan fingerprint density at radius 2 is 2.42 bits per heavy atom. The number of hydrogen-bond donors (Lipinski definition) is 1. The summed E-state index contributed by atoms with van der Waals surface area (Å²) in [5, 5.41) is 2.96. The van der Waals surface area contributed by atoms with E-state index in [1.54, 1.807) is 12.5 Å². The molecule has 2 heterocycles. The van der Waals surface area contributed by atoms with E-state index in [0.717, 1.165) is 17.1 Å². The Labute approximate surface area is 73.6 Å². The van der Waals surface area contributed by atoms with Crippen LogP contribution in [0, 0.1) is 0 Å². The van der Waals surface area contributed by atoms with Gasteiger partial charge >= 0.3 is 0 Å². The van der Waals surface area contributed by atoms with E-state index in [9.17, 15) is 0 Å². The third-order valence-electron chi connectivity index (χ3n) is 1.52. The lowest BCUT2D eigenvalue weighted by atomic mass is 10.2. The highest BCUT2D eigenvalue weighted by Gasteiger charge is 2.08. The van der Waals surface area contributed by atoms with Gasteiger partial charge in [0.15, 0.2) is 5.82 Å². The summed E-state index contributed by atoms with van der Waals surface area (Å²) in [5.74, 6) is 0.793. The maximum Gasteiger partial charge on any atom is 0.167 e. The molecule has 0 amide bonds. The molecule has 12 heavy (non-hydrogen) atoms. The fourth-order valence-corrected chi connectivity index (χ4v) is 1.51. The second kappa shape index (κ2) is 2.94. The van der Waals surface area contributed by atoms with Crippen molar-refractivity contribution in [3.8, 4) is 11.3 Å². The lowest BCUT2D eigenvalue weighted by Crippen LogP contribution is -1.89. The van der Waals surface area contributed by atoms with Gasteiger partial charge in [-0.2, -0.15) is 8.75 Å². The van der Waals surface area contributed by atoms with E-state index in [-0.39, 0.29) is 0 Å². The number of hydrogen-bond acceptors (Lipinski definition) is 5. The molecule has 5 heteroatoms. The van der Waals surface area contributed by atoms with Crippen molar-refractivity contribution < 1.29 is 4.42 Å². The average Bonchev–Trinajstić information content (AvgIpc) is 2.74. The summed E-state index contributed by atoms with van der Waals surface area (Å²) in [7, 11) is 1.82. The molecular formula is C7H7N3OS. The van der Waals surface area contributed by atoms with E-state index in [1.807, 2.05) is 13.1 Å². The van der Waals surface area contributed by atoms with Gasteiger partial charge < -0.3 is 9.73 Å². The van der Waals surface area contributed by atoms with Crippen LogP contribution in [0.25, 0.3) is 11.3 Å². The van der Waals surface area contributed by atoms with Crippen LogP contribution in [0.1, 0.15) is 0 Å². The number of rotatable bonds is 2. The first kappa shape index (κ1) is 7.30. The molecule has 0 aromatic carbocycles. The molecule has 0 bridgehead atoms. The number of aromatic nitrogens is 2. The average molecular weight is 181 g/mol. The second-order valence-corrected chi connectivity index (χ2v) is 2.75. The number of nitrogens with one attached hydrogen (secondary N) is 1. The Kier molecular flexibility index (Phi) is 1.79. The van der Waals surface area contributed by atoms with Crippen molar-refractivity contribution in [1.29, 1.82) is 0 Å². The van der Waals surface area contributed by atoms with Gasteiger partial charge in [0.05, 0.1) is 24.3 Å². The molecule has 0 radical (unpaired) electrons. The highest BCUT2D eigenvalue weighted by atomic mass is 32.1. The maximum atomic E-state index is 4.95. The van der Waals surface area contributed by atoms with Crippen LogP contribution in [-0.2, 0) is 0 Å². The summed E-state index contributed by atoms with van der Waals surface area (Å²) in [5.41, 5.74) is 1.80. The lowest BCUT2D eigenvalue weighted by Gasteiger charge is -1.94. The van der Waals surface area contributed by atoms with Crippen molar-refractivity contribution in [3.05, 3.63) is 18.6 Å². The first-order valence-corrected chi connectivity index (χ1v) is 4.17. The van der Waals surface area contributed by atoms with Crippen LogP contribution >= 0.6 is 11.7 Å². The van der Waals surface area contributed by atoms with E-state index >= 15 is 0 Å². The van der Waals surface area contributed by atoms with Crippen LogP contribution in [0.3, 0.4) is 0 Å². The van der Waals surface area contributed by atoms with E-state index in [2.05, 4.69) is 14.1 Å². The first-order chi connectivity index (χ1) is 5.92. The molecule has 4 nitrogen and oxygen atoms in total. The van der Waals surface area contributed by atoms with Crippen LogP contribution in [0.5, 0.6) is 0 Å². The van der Waals surface area contributed by atoms with Gasteiger partial charge in [-0.25, -0.2) is 0 Å². The third-order valence-corrected chi connectivity index (χ3v) is 2.05. The largest absolute Gasteiger partial charge is 0.472 e. The van der Waals surface area contributed by atoms with Gasteiger partial charge in [-0.3, -0.25) is 0 Å². The minimum atomic E-state index is 0.793. The van der Waals surface area contributed by atoms with Crippen LogP contribution in [0.2, 0.25) is 0 Å². The molecular weight excluding hydrogens is 174 g/mol. The van der Waals surface area contributed by atoms with E-state index in [1.165, 1.54) is 11.7 Å². The molecule has 2 rings (SSSR count). The minimum absolute atomic E-state index is 0.793. The molecule has 0 aliphatic carbocycles. The topological polar surface area (TPSA) is 51.0 Å². The fourth-order valence-electron chi connectivity index (χ4n) is 0.941. The van der Waals surface area contributed by atoms with Crippen molar-refractivity contribution in [3.63, 3.8) is 0 Å². The summed E-state index contributed by atoms with van der Waals surface area (Å²) in [4.78, 5) is 0. The molecule has 62 valence electrons. The SMILES string of the molecule is CNc1nsnc1-c1ccoc1. The van der Waals surface area contributed by atoms with Crippen LogP contribution in [-0.4, -0.2) is 15.8 Å².